The molecule has 1 aliphatic heterocycles. The summed E-state index contributed by atoms with van der Waals surface area (Å²) in [6.07, 6.45) is 0. The molecule has 0 radical (unpaired) electrons. The van der Waals surface area contributed by atoms with Crippen LogP contribution in [0.2, 0.25) is 0 Å². The minimum absolute atomic E-state index is 0.157. The van der Waals surface area contributed by atoms with Gasteiger partial charge in [0.1, 0.15) is 6.04 Å². The van der Waals surface area contributed by atoms with E-state index >= 15 is 0 Å². The molecular weight excluding hydrogens is 216 g/mol. The monoisotopic (exact) mass is 232 g/mol. The molecule has 0 aromatic heterocycles. The summed E-state index contributed by atoms with van der Waals surface area (Å²) in [5.41, 5.74) is -0.917. The highest BCUT2D eigenvalue weighted by Gasteiger charge is 2.31. The molecule has 1 aliphatic rings. The highest BCUT2D eigenvalue weighted by molar-refractivity contribution is 8.14. The van der Waals surface area contributed by atoms with Crippen molar-refractivity contribution in [2.45, 2.75) is 25.5 Å². The molecule has 5 nitrogen and oxygen atoms in total. The lowest BCUT2D eigenvalue weighted by Gasteiger charge is -2.27. The predicted molar refractivity (Wildman–Crippen MR) is 58.7 cm³/mol. The number of aliphatic hydroxyl groups is 1. The molecule has 0 spiro atoms. The second-order valence-corrected chi connectivity index (χ2v) is 5.29. The summed E-state index contributed by atoms with van der Waals surface area (Å²) >= 11 is 1.11. The molecule has 1 rings (SSSR count). The molecule has 1 fully saturated rings. The zero-order chi connectivity index (χ0) is 11.6. The van der Waals surface area contributed by atoms with E-state index in [4.69, 9.17) is 0 Å². The second kappa shape index (κ2) is 4.40. The molecule has 86 valence electrons. The van der Waals surface area contributed by atoms with Crippen LogP contribution in [0.15, 0.2) is 0 Å². The van der Waals surface area contributed by atoms with Gasteiger partial charge in [0.2, 0.25) is 5.91 Å². The van der Waals surface area contributed by atoms with Crippen molar-refractivity contribution < 1.29 is 14.7 Å². The molecule has 1 atom stereocenters. The molecule has 2 amide bonds. The van der Waals surface area contributed by atoms with E-state index in [9.17, 15) is 14.7 Å². The largest absolute Gasteiger partial charge is 0.389 e. The van der Waals surface area contributed by atoms with Gasteiger partial charge in [0, 0.05) is 19.3 Å². The first-order chi connectivity index (χ1) is 6.79. The van der Waals surface area contributed by atoms with Gasteiger partial charge in [-0.1, -0.05) is 11.8 Å². The summed E-state index contributed by atoms with van der Waals surface area (Å²) < 4.78 is 0. The smallest absolute Gasteiger partial charge is 0.279 e. The van der Waals surface area contributed by atoms with Crippen LogP contribution in [0.3, 0.4) is 0 Å². The molecule has 0 saturated carbocycles. The van der Waals surface area contributed by atoms with Crippen LogP contribution in [0, 0.1) is 0 Å². The number of nitrogens with zero attached hydrogens (tertiary/aromatic N) is 1. The van der Waals surface area contributed by atoms with Crippen LogP contribution >= 0.6 is 11.8 Å². The summed E-state index contributed by atoms with van der Waals surface area (Å²) in [5, 5.41) is 12.0. The summed E-state index contributed by atoms with van der Waals surface area (Å²) in [5.74, 6) is 0.309. The van der Waals surface area contributed by atoms with Gasteiger partial charge in [0.25, 0.3) is 5.24 Å². The minimum atomic E-state index is -0.917. The Morgan fingerprint density at radius 1 is 1.73 bits per heavy atom. The molecule has 1 unspecified atom stereocenters. The Morgan fingerprint density at radius 3 is 2.73 bits per heavy atom. The van der Waals surface area contributed by atoms with E-state index in [1.165, 1.54) is 4.90 Å². The normalized spacial score (nSPS) is 21.3. The van der Waals surface area contributed by atoms with E-state index in [-0.39, 0.29) is 17.7 Å². The molecule has 0 aromatic rings. The summed E-state index contributed by atoms with van der Waals surface area (Å²) in [4.78, 5) is 24.1. The fraction of sp³-hybridized carbons (Fsp3) is 0.778. The van der Waals surface area contributed by atoms with Crippen molar-refractivity contribution in [2.75, 3.05) is 19.3 Å². The van der Waals surface area contributed by atoms with Gasteiger partial charge in [-0.2, -0.15) is 0 Å². The van der Waals surface area contributed by atoms with E-state index in [0.717, 1.165) is 11.8 Å². The van der Waals surface area contributed by atoms with E-state index in [1.807, 2.05) is 0 Å². The zero-order valence-corrected chi connectivity index (χ0v) is 9.93. The number of hydrogen-bond donors (Lipinski definition) is 2. The average Bonchev–Trinajstić information content (AvgIpc) is 2.47. The van der Waals surface area contributed by atoms with E-state index in [0.29, 0.717) is 5.75 Å². The lowest BCUT2D eigenvalue weighted by molar-refractivity contribution is -0.133. The Balaban J connectivity index is 2.50. The molecule has 6 heteroatoms. The van der Waals surface area contributed by atoms with Crippen LogP contribution in [-0.2, 0) is 4.79 Å². The van der Waals surface area contributed by atoms with E-state index in [2.05, 4.69) is 5.32 Å². The lowest BCUT2D eigenvalue weighted by Crippen LogP contribution is -2.48. The van der Waals surface area contributed by atoms with Gasteiger partial charge in [-0.15, -0.1) is 0 Å². The van der Waals surface area contributed by atoms with Crippen molar-refractivity contribution in [1.82, 2.24) is 10.2 Å². The first-order valence-corrected chi connectivity index (χ1v) is 5.69. The first kappa shape index (κ1) is 12.3. The predicted octanol–water partition coefficient (Wildman–Crippen LogP) is 0.0407. The zero-order valence-electron chi connectivity index (χ0n) is 9.11. The third-order valence-electron chi connectivity index (χ3n) is 1.97. The van der Waals surface area contributed by atoms with Crippen molar-refractivity contribution in [1.29, 1.82) is 0 Å². The Hall–Kier alpha value is -0.750. The Labute approximate surface area is 93.2 Å². The van der Waals surface area contributed by atoms with Crippen molar-refractivity contribution >= 4 is 22.9 Å². The van der Waals surface area contributed by atoms with E-state index in [1.54, 1.807) is 20.9 Å². The van der Waals surface area contributed by atoms with Crippen molar-refractivity contribution in [3.05, 3.63) is 0 Å². The maximum absolute atomic E-state index is 11.8. The highest BCUT2D eigenvalue weighted by Crippen LogP contribution is 2.15. The number of hydrogen-bond acceptors (Lipinski definition) is 4. The fourth-order valence-electron chi connectivity index (χ4n) is 1.44. The average molecular weight is 232 g/mol. The lowest BCUT2D eigenvalue weighted by atomic mass is 10.1. The molecule has 1 saturated heterocycles. The van der Waals surface area contributed by atoms with Crippen LogP contribution in [0.25, 0.3) is 0 Å². The number of likely N-dealkylation sites (N-methyl/N-ethyl adjacent to an activating group) is 1. The summed E-state index contributed by atoms with van der Waals surface area (Å²) in [6.45, 7) is 3.53. The van der Waals surface area contributed by atoms with Gasteiger partial charge in [-0.25, -0.2) is 0 Å². The van der Waals surface area contributed by atoms with Gasteiger partial charge in [0.05, 0.1) is 5.60 Å². The minimum Gasteiger partial charge on any atom is -0.389 e. The quantitative estimate of drug-likeness (QED) is 0.721. The summed E-state index contributed by atoms with van der Waals surface area (Å²) in [6, 6.07) is -0.449. The van der Waals surface area contributed by atoms with Crippen molar-refractivity contribution in [3.63, 3.8) is 0 Å². The van der Waals surface area contributed by atoms with Gasteiger partial charge >= 0.3 is 0 Å². The molecule has 0 aliphatic carbocycles. The maximum Gasteiger partial charge on any atom is 0.279 e. The fourth-order valence-corrected chi connectivity index (χ4v) is 2.21. The van der Waals surface area contributed by atoms with Crippen LogP contribution in [0.4, 0.5) is 4.79 Å². The topological polar surface area (TPSA) is 69.6 Å². The van der Waals surface area contributed by atoms with Crippen LogP contribution in [-0.4, -0.2) is 52.1 Å². The Bertz CT molecular complexity index is 275. The van der Waals surface area contributed by atoms with Crippen molar-refractivity contribution in [2.24, 2.45) is 0 Å². The van der Waals surface area contributed by atoms with Gasteiger partial charge in [-0.3, -0.25) is 9.59 Å². The van der Waals surface area contributed by atoms with Gasteiger partial charge < -0.3 is 15.3 Å². The number of carbonyl (C=O) groups is 2. The van der Waals surface area contributed by atoms with E-state index < -0.39 is 11.6 Å². The molecular formula is C9H16N2O3S. The number of carbonyl (C=O) groups excluding carboxylic acids is 2. The van der Waals surface area contributed by atoms with Gasteiger partial charge in [0.15, 0.2) is 0 Å². The second-order valence-electron chi connectivity index (χ2n) is 4.30. The number of amides is 2. The molecule has 15 heavy (non-hydrogen) atoms. The Morgan fingerprint density at radius 2 is 2.33 bits per heavy atom. The SMILES string of the molecule is CN(CC(C)(C)O)C(=O)C1CSC(=O)N1. The van der Waals surface area contributed by atoms with Crippen molar-refractivity contribution in [3.8, 4) is 0 Å². The molecule has 1 heterocycles. The molecule has 0 aromatic carbocycles. The molecule has 0 bridgehead atoms. The standard InChI is InChI=1S/C9H16N2O3S/c1-9(2,14)5-11(3)7(12)6-4-15-8(13)10-6/h6,14H,4-5H2,1-3H3,(H,10,13). The van der Waals surface area contributed by atoms with Crippen LogP contribution < -0.4 is 5.32 Å². The number of nitrogens with one attached hydrogen (secondary N) is 1. The summed E-state index contributed by atoms with van der Waals surface area (Å²) in [7, 11) is 1.62. The van der Waals surface area contributed by atoms with Crippen LogP contribution in [0.1, 0.15) is 13.8 Å². The third-order valence-corrected chi connectivity index (χ3v) is 2.85. The van der Waals surface area contributed by atoms with Crippen LogP contribution in [0.5, 0.6) is 0 Å². The third kappa shape index (κ3) is 3.71. The Kier molecular flexibility index (Phi) is 3.62. The van der Waals surface area contributed by atoms with Gasteiger partial charge in [-0.05, 0) is 13.8 Å². The number of rotatable bonds is 3. The molecule has 2 N–H and O–H groups in total. The number of thioether (sulfide) groups is 1. The highest BCUT2D eigenvalue weighted by atomic mass is 32.2. The maximum atomic E-state index is 11.8. The first-order valence-electron chi connectivity index (χ1n) is 4.70.